The van der Waals surface area contributed by atoms with Gasteiger partial charge in [0.2, 0.25) is 0 Å². The predicted molar refractivity (Wildman–Crippen MR) is 91.1 cm³/mol. The van der Waals surface area contributed by atoms with Crippen LogP contribution >= 0.6 is 0 Å². The second-order valence-corrected chi connectivity index (χ2v) is 6.50. The Hall–Kier alpha value is -1.64. The second-order valence-electron chi connectivity index (χ2n) is 6.50. The van der Waals surface area contributed by atoms with Crippen molar-refractivity contribution in [3.05, 3.63) is 69.8 Å². The molecule has 0 amide bonds. The Morgan fingerprint density at radius 1 is 0.955 bits per heavy atom. The Morgan fingerprint density at radius 3 is 2.09 bits per heavy atom. The van der Waals surface area contributed by atoms with Gasteiger partial charge in [-0.3, -0.25) is 0 Å². The number of methoxy groups -OCH3 is 1. The maximum absolute atomic E-state index is 9.67. The summed E-state index contributed by atoms with van der Waals surface area (Å²) in [4.78, 5) is 0. The molecule has 0 unspecified atom stereocenters. The van der Waals surface area contributed by atoms with Crippen LogP contribution in [0.4, 0.5) is 0 Å². The second kappa shape index (κ2) is 6.64. The Bertz CT molecular complexity index is 640. The summed E-state index contributed by atoms with van der Waals surface area (Å²) in [7, 11) is 1.70. The lowest BCUT2D eigenvalue weighted by Crippen LogP contribution is -2.20. The van der Waals surface area contributed by atoms with Gasteiger partial charge in [-0.25, -0.2) is 0 Å². The van der Waals surface area contributed by atoms with E-state index in [1.54, 1.807) is 7.11 Å². The van der Waals surface area contributed by atoms with Gasteiger partial charge in [-0.2, -0.15) is 0 Å². The zero-order valence-electron chi connectivity index (χ0n) is 14.2. The highest BCUT2D eigenvalue weighted by molar-refractivity contribution is 5.45. The Kier molecular flexibility index (Phi) is 5.05. The molecule has 0 heterocycles. The molecule has 0 atom stereocenters. The molecular weight excluding hydrogens is 272 g/mol. The average Bonchev–Trinajstić information content (AvgIpc) is 2.49. The molecule has 2 nitrogen and oxygen atoms in total. The van der Waals surface area contributed by atoms with Crippen LogP contribution < -0.4 is 0 Å². The van der Waals surface area contributed by atoms with Crippen molar-refractivity contribution >= 4 is 0 Å². The van der Waals surface area contributed by atoms with E-state index in [2.05, 4.69) is 57.2 Å². The lowest BCUT2D eigenvalue weighted by molar-refractivity contribution is 0.184. The summed E-state index contributed by atoms with van der Waals surface area (Å²) in [5, 5.41) is 9.67. The molecule has 0 aliphatic rings. The lowest BCUT2D eigenvalue weighted by Gasteiger charge is -2.28. The topological polar surface area (TPSA) is 29.5 Å². The van der Waals surface area contributed by atoms with Crippen molar-refractivity contribution in [2.24, 2.45) is 0 Å². The van der Waals surface area contributed by atoms with E-state index in [-0.39, 0.29) is 12.0 Å². The van der Waals surface area contributed by atoms with Gasteiger partial charge in [0.25, 0.3) is 0 Å². The maximum atomic E-state index is 9.67. The van der Waals surface area contributed by atoms with Crippen molar-refractivity contribution in [2.75, 3.05) is 7.11 Å². The summed E-state index contributed by atoms with van der Waals surface area (Å²) in [5.41, 5.74) is 6.86. The smallest absolute Gasteiger partial charge is 0.0715 e. The quantitative estimate of drug-likeness (QED) is 0.893. The third kappa shape index (κ3) is 3.23. The summed E-state index contributed by atoms with van der Waals surface area (Å²) in [6, 6.07) is 13.0. The number of rotatable bonds is 5. The summed E-state index contributed by atoms with van der Waals surface area (Å²) in [6.07, 6.45) is 0. The van der Waals surface area contributed by atoms with Gasteiger partial charge in [0.15, 0.2) is 0 Å². The van der Waals surface area contributed by atoms with Gasteiger partial charge in [0, 0.05) is 12.5 Å². The number of aliphatic hydroxyl groups is 1. The normalized spacial score (nSPS) is 11.7. The Balaban J connectivity index is 2.54. The highest BCUT2D eigenvalue weighted by Gasteiger charge is 2.24. The fraction of sp³-hybridized carbons (Fsp3) is 0.400. The fourth-order valence-corrected chi connectivity index (χ4v) is 2.81. The van der Waals surface area contributed by atoms with Gasteiger partial charge in [-0.05, 0) is 41.7 Å². The summed E-state index contributed by atoms with van der Waals surface area (Å²) in [6.45, 7) is 9.21. The Morgan fingerprint density at radius 2 is 1.55 bits per heavy atom. The van der Waals surface area contributed by atoms with Crippen LogP contribution in [-0.4, -0.2) is 12.2 Å². The average molecular weight is 298 g/mol. The third-order valence-corrected chi connectivity index (χ3v) is 4.59. The van der Waals surface area contributed by atoms with Crippen LogP contribution in [0.1, 0.15) is 47.2 Å². The predicted octanol–water partition coefficient (Wildman–Crippen LogP) is 4.27. The molecule has 22 heavy (non-hydrogen) atoms. The number of benzene rings is 2. The Labute approximate surface area is 133 Å². The molecule has 0 aliphatic heterocycles. The molecule has 0 bridgehead atoms. The molecule has 0 saturated heterocycles. The summed E-state index contributed by atoms with van der Waals surface area (Å²) >= 11 is 0. The first-order chi connectivity index (χ1) is 10.4. The van der Waals surface area contributed by atoms with Crippen LogP contribution in [0.2, 0.25) is 0 Å². The molecule has 0 aliphatic carbocycles. The van der Waals surface area contributed by atoms with E-state index in [0.29, 0.717) is 6.61 Å². The van der Waals surface area contributed by atoms with Crippen LogP contribution in [0.15, 0.2) is 36.4 Å². The minimum atomic E-state index is -0.117. The maximum Gasteiger partial charge on any atom is 0.0715 e. The molecular formula is C20H26O2. The van der Waals surface area contributed by atoms with Gasteiger partial charge in [0.05, 0.1) is 13.2 Å². The van der Waals surface area contributed by atoms with Crippen LogP contribution in [0.25, 0.3) is 0 Å². The van der Waals surface area contributed by atoms with Gasteiger partial charge in [-0.15, -0.1) is 0 Å². The lowest BCUT2D eigenvalue weighted by atomic mass is 9.76. The zero-order valence-corrected chi connectivity index (χ0v) is 14.2. The minimum Gasteiger partial charge on any atom is -0.392 e. The van der Waals surface area contributed by atoms with Gasteiger partial charge in [-0.1, -0.05) is 55.8 Å². The van der Waals surface area contributed by atoms with Crippen molar-refractivity contribution in [1.82, 2.24) is 0 Å². The molecule has 0 radical (unpaired) electrons. The highest BCUT2D eigenvalue weighted by atomic mass is 16.5. The molecule has 1 N–H and O–H groups in total. The van der Waals surface area contributed by atoms with Crippen LogP contribution in [0.3, 0.4) is 0 Å². The molecule has 0 aromatic heterocycles. The summed E-state index contributed by atoms with van der Waals surface area (Å²) in [5.74, 6) is 0. The van der Waals surface area contributed by atoms with E-state index < -0.39 is 0 Å². The van der Waals surface area contributed by atoms with E-state index >= 15 is 0 Å². The van der Waals surface area contributed by atoms with Crippen LogP contribution in [0.5, 0.6) is 0 Å². The van der Waals surface area contributed by atoms with Gasteiger partial charge in [0.1, 0.15) is 0 Å². The van der Waals surface area contributed by atoms with E-state index in [9.17, 15) is 5.11 Å². The standard InChI is InChI=1S/C20H26O2/c1-14-6-8-18(9-7-14)20(3,4)19-10-16(12-21)15(2)17(11-19)13-22-5/h6-11,21H,12-13H2,1-5H3. The molecule has 118 valence electrons. The van der Waals surface area contributed by atoms with E-state index in [0.717, 1.165) is 16.7 Å². The fourth-order valence-electron chi connectivity index (χ4n) is 2.81. The number of hydrogen-bond donors (Lipinski definition) is 1. The number of aliphatic hydroxyl groups excluding tert-OH is 1. The van der Waals surface area contributed by atoms with Crippen molar-refractivity contribution in [2.45, 2.75) is 46.3 Å². The molecule has 2 rings (SSSR count). The molecule has 2 heteroatoms. The monoisotopic (exact) mass is 298 g/mol. The van der Waals surface area contributed by atoms with Crippen molar-refractivity contribution in [3.8, 4) is 0 Å². The minimum absolute atomic E-state index is 0.0559. The molecule has 0 spiro atoms. The first kappa shape index (κ1) is 16.7. The number of aryl methyl sites for hydroxylation is 1. The molecule has 2 aromatic carbocycles. The first-order valence-corrected chi connectivity index (χ1v) is 7.70. The van der Waals surface area contributed by atoms with Crippen LogP contribution in [-0.2, 0) is 23.4 Å². The first-order valence-electron chi connectivity index (χ1n) is 7.70. The van der Waals surface area contributed by atoms with E-state index in [1.807, 2.05) is 6.92 Å². The summed E-state index contributed by atoms with van der Waals surface area (Å²) < 4.78 is 5.32. The van der Waals surface area contributed by atoms with Gasteiger partial charge >= 0.3 is 0 Å². The van der Waals surface area contributed by atoms with Crippen molar-refractivity contribution in [3.63, 3.8) is 0 Å². The largest absolute Gasteiger partial charge is 0.392 e. The number of hydrogen-bond acceptors (Lipinski definition) is 2. The SMILES string of the molecule is COCc1cc(C(C)(C)c2ccc(C)cc2)cc(CO)c1C. The van der Waals surface area contributed by atoms with E-state index in [1.165, 1.54) is 16.7 Å². The molecule has 0 saturated carbocycles. The van der Waals surface area contributed by atoms with Crippen molar-refractivity contribution in [1.29, 1.82) is 0 Å². The zero-order chi connectivity index (χ0) is 16.3. The van der Waals surface area contributed by atoms with Gasteiger partial charge < -0.3 is 9.84 Å². The van der Waals surface area contributed by atoms with E-state index in [4.69, 9.17) is 4.74 Å². The molecule has 0 fully saturated rings. The third-order valence-electron chi connectivity index (χ3n) is 4.59. The number of ether oxygens (including phenoxy) is 1. The highest BCUT2D eigenvalue weighted by Crippen LogP contribution is 2.34. The molecule has 2 aromatic rings. The van der Waals surface area contributed by atoms with Crippen LogP contribution in [0, 0.1) is 13.8 Å². The van der Waals surface area contributed by atoms with Crippen molar-refractivity contribution < 1.29 is 9.84 Å².